The summed E-state index contributed by atoms with van der Waals surface area (Å²) in [5.74, 6) is 2.27. The van der Waals surface area contributed by atoms with E-state index >= 15 is 0 Å². The van der Waals surface area contributed by atoms with Crippen LogP contribution in [-0.2, 0) is 4.74 Å². The summed E-state index contributed by atoms with van der Waals surface area (Å²) in [7, 11) is 1.89. The molecule has 2 aliphatic rings. The van der Waals surface area contributed by atoms with Crippen LogP contribution in [0.2, 0.25) is 0 Å². The van der Waals surface area contributed by atoms with Crippen molar-refractivity contribution in [3.63, 3.8) is 0 Å². The normalized spacial score (nSPS) is 28.7. The zero-order chi connectivity index (χ0) is 15.1. The molecule has 0 bridgehead atoms. The number of ether oxygens (including phenoxy) is 1. The van der Waals surface area contributed by atoms with Gasteiger partial charge in [0.15, 0.2) is 5.96 Å². The van der Waals surface area contributed by atoms with Crippen molar-refractivity contribution in [2.24, 2.45) is 4.99 Å². The minimum Gasteiger partial charge on any atom is -0.379 e. The van der Waals surface area contributed by atoms with Gasteiger partial charge in [0.25, 0.3) is 0 Å². The first-order valence-electron chi connectivity index (χ1n) is 8.13. The topological polar surface area (TPSA) is 40.1 Å². The van der Waals surface area contributed by atoms with E-state index in [1.807, 2.05) is 7.05 Å². The molecule has 1 N–H and O–H groups in total. The molecule has 0 aromatic heterocycles. The van der Waals surface area contributed by atoms with Gasteiger partial charge in [-0.25, -0.2) is 0 Å². The highest BCUT2D eigenvalue weighted by Crippen LogP contribution is 2.20. The molecule has 2 saturated heterocycles. The quantitative estimate of drug-likeness (QED) is 0.622. The van der Waals surface area contributed by atoms with Crippen molar-refractivity contribution in [2.75, 3.05) is 58.7 Å². The Balaban J connectivity index is 1.74. The second-order valence-corrected chi connectivity index (χ2v) is 7.19. The van der Waals surface area contributed by atoms with Crippen molar-refractivity contribution >= 4 is 17.7 Å². The lowest BCUT2D eigenvalue weighted by Crippen LogP contribution is -2.51. The van der Waals surface area contributed by atoms with Crippen molar-refractivity contribution in [2.45, 2.75) is 31.6 Å². The third-order valence-electron chi connectivity index (χ3n) is 4.29. The summed E-state index contributed by atoms with van der Waals surface area (Å²) in [6, 6.07) is 0.526. The van der Waals surface area contributed by atoms with Crippen LogP contribution in [0.25, 0.3) is 0 Å². The van der Waals surface area contributed by atoms with E-state index in [0.29, 0.717) is 6.04 Å². The summed E-state index contributed by atoms with van der Waals surface area (Å²) in [4.78, 5) is 9.36. The van der Waals surface area contributed by atoms with Crippen LogP contribution in [0, 0.1) is 0 Å². The van der Waals surface area contributed by atoms with E-state index < -0.39 is 0 Å². The minimum absolute atomic E-state index is 0.526. The fraction of sp³-hybridized carbons (Fsp3) is 0.933. The molecule has 6 heteroatoms. The first-order chi connectivity index (χ1) is 10.2. The molecule has 21 heavy (non-hydrogen) atoms. The molecule has 0 aromatic carbocycles. The van der Waals surface area contributed by atoms with E-state index in [1.165, 1.54) is 12.2 Å². The molecule has 2 unspecified atom stereocenters. The fourth-order valence-electron chi connectivity index (χ4n) is 2.90. The highest BCUT2D eigenvalue weighted by molar-refractivity contribution is 8.00. The highest BCUT2D eigenvalue weighted by Gasteiger charge is 2.22. The SMILES string of the molecule is CCC1CN(C(=NC)NCCN2CCOCC2C)CCS1. The Hall–Kier alpha value is -0.460. The van der Waals surface area contributed by atoms with Gasteiger partial charge in [-0.3, -0.25) is 9.89 Å². The zero-order valence-corrected chi connectivity index (χ0v) is 14.5. The summed E-state index contributed by atoms with van der Waals surface area (Å²) in [6.45, 7) is 11.5. The summed E-state index contributed by atoms with van der Waals surface area (Å²) < 4.78 is 5.48. The monoisotopic (exact) mass is 314 g/mol. The predicted octanol–water partition coefficient (Wildman–Crippen LogP) is 1.11. The number of nitrogens with zero attached hydrogens (tertiary/aromatic N) is 3. The van der Waals surface area contributed by atoms with Crippen LogP contribution in [0.4, 0.5) is 0 Å². The smallest absolute Gasteiger partial charge is 0.193 e. The van der Waals surface area contributed by atoms with Crippen LogP contribution in [-0.4, -0.2) is 85.8 Å². The Labute approximate surface area is 133 Å². The number of morpholine rings is 1. The molecule has 2 heterocycles. The van der Waals surface area contributed by atoms with E-state index in [4.69, 9.17) is 4.74 Å². The standard InChI is InChI=1S/C15H30N4OS/c1-4-14-11-19(8-10-21-14)15(16-3)17-5-6-18-7-9-20-12-13(18)2/h13-14H,4-12H2,1-3H3,(H,16,17). The molecule has 0 aliphatic carbocycles. The number of nitrogens with one attached hydrogen (secondary N) is 1. The minimum atomic E-state index is 0.526. The van der Waals surface area contributed by atoms with Crippen molar-refractivity contribution in [3.05, 3.63) is 0 Å². The first kappa shape index (κ1) is 16.9. The van der Waals surface area contributed by atoms with Gasteiger partial charge in [0, 0.05) is 56.8 Å². The van der Waals surface area contributed by atoms with E-state index in [-0.39, 0.29) is 0 Å². The third kappa shape index (κ3) is 5.04. The van der Waals surface area contributed by atoms with Crippen LogP contribution in [0.15, 0.2) is 4.99 Å². The van der Waals surface area contributed by atoms with Crippen LogP contribution >= 0.6 is 11.8 Å². The molecule has 0 amide bonds. The number of rotatable bonds is 4. The van der Waals surface area contributed by atoms with Gasteiger partial charge in [-0.15, -0.1) is 0 Å². The van der Waals surface area contributed by atoms with Gasteiger partial charge in [0.2, 0.25) is 0 Å². The lowest BCUT2D eigenvalue weighted by Gasteiger charge is -2.36. The number of aliphatic imine (C=N–C) groups is 1. The molecule has 2 aliphatic heterocycles. The summed E-state index contributed by atoms with van der Waals surface area (Å²) in [5.41, 5.74) is 0. The van der Waals surface area contributed by atoms with Crippen molar-refractivity contribution in [3.8, 4) is 0 Å². The number of thioether (sulfide) groups is 1. The predicted molar refractivity (Wildman–Crippen MR) is 91.3 cm³/mol. The third-order valence-corrected chi connectivity index (χ3v) is 5.66. The van der Waals surface area contributed by atoms with Crippen molar-refractivity contribution < 1.29 is 4.74 Å². The summed E-state index contributed by atoms with van der Waals surface area (Å²) in [5, 5.41) is 4.28. The van der Waals surface area contributed by atoms with Crippen LogP contribution in [0.3, 0.4) is 0 Å². The maximum atomic E-state index is 5.48. The molecule has 0 saturated carbocycles. The second kappa shape index (κ2) is 8.86. The fourth-order valence-corrected chi connectivity index (χ4v) is 4.08. The number of hydrogen-bond acceptors (Lipinski definition) is 4. The van der Waals surface area contributed by atoms with Gasteiger partial charge in [-0.2, -0.15) is 11.8 Å². The Morgan fingerprint density at radius 1 is 1.43 bits per heavy atom. The van der Waals surface area contributed by atoms with E-state index in [2.05, 4.69) is 45.7 Å². The van der Waals surface area contributed by atoms with Crippen molar-refractivity contribution in [1.82, 2.24) is 15.1 Å². The molecule has 122 valence electrons. The maximum absolute atomic E-state index is 5.48. The summed E-state index contributed by atoms with van der Waals surface area (Å²) in [6.07, 6.45) is 1.24. The molecule has 0 radical (unpaired) electrons. The van der Waals surface area contributed by atoms with Crippen molar-refractivity contribution in [1.29, 1.82) is 0 Å². The second-order valence-electron chi connectivity index (χ2n) is 5.78. The lowest BCUT2D eigenvalue weighted by atomic mass is 10.2. The van der Waals surface area contributed by atoms with Gasteiger partial charge in [0.05, 0.1) is 13.2 Å². The Kier molecular flexibility index (Phi) is 7.13. The zero-order valence-electron chi connectivity index (χ0n) is 13.7. The molecule has 0 aromatic rings. The van der Waals surface area contributed by atoms with Crippen LogP contribution in [0.1, 0.15) is 20.3 Å². The van der Waals surface area contributed by atoms with Gasteiger partial charge in [-0.1, -0.05) is 6.92 Å². The van der Waals surface area contributed by atoms with Gasteiger partial charge in [0.1, 0.15) is 0 Å². The average Bonchev–Trinajstić information content (AvgIpc) is 2.53. The van der Waals surface area contributed by atoms with Gasteiger partial charge in [-0.05, 0) is 13.3 Å². The van der Waals surface area contributed by atoms with Gasteiger partial charge < -0.3 is 15.0 Å². The van der Waals surface area contributed by atoms with E-state index in [0.717, 1.165) is 57.1 Å². The molecule has 2 rings (SSSR count). The Morgan fingerprint density at radius 3 is 3.00 bits per heavy atom. The van der Waals surface area contributed by atoms with Crippen LogP contribution < -0.4 is 5.32 Å². The largest absolute Gasteiger partial charge is 0.379 e. The molecular formula is C15H30N4OS. The average molecular weight is 314 g/mol. The van der Waals surface area contributed by atoms with Crippen LogP contribution in [0.5, 0.6) is 0 Å². The lowest BCUT2D eigenvalue weighted by molar-refractivity contribution is 0.000827. The highest BCUT2D eigenvalue weighted by atomic mass is 32.2. The first-order valence-corrected chi connectivity index (χ1v) is 9.18. The van der Waals surface area contributed by atoms with Gasteiger partial charge >= 0.3 is 0 Å². The van der Waals surface area contributed by atoms with E-state index in [9.17, 15) is 0 Å². The number of hydrogen-bond donors (Lipinski definition) is 1. The molecule has 2 fully saturated rings. The Bertz CT molecular complexity index is 340. The molecule has 0 spiro atoms. The maximum Gasteiger partial charge on any atom is 0.193 e. The molecule has 5 nitrogen and oxygen atoms in total. The summed E-state index contributed by atoms with van der Waals surface area (Å²) >= 11 is 2.10. The molecular weight excluding hydrogens is 284 g/mol. The van der Waals surface area contributed by atoms with E-state index in [1.54, 1.807) is 0 Å². The number of guanidine groups is 1. The molecule has 2 atom stereocenters. The Morgan fingerprint density at radius 2 is 2.29 bits per heavy atom.